The number of fused-ring (bicyclic) bond motifs is 9. The molecule has 2 aromatic carbocycles. The highest BCUT2D eigenvalue weighted by Gasteiger charge is 2.50. The lowest BCUT2D eigenvalue weighted by Crippen LogP contribution is -2.52. The number of hydrogen-bond acceptors (Lipinski definition) is 10. The van der Waals surface area contributed by atoms with Crippen LogP contribution in [0.4, 0.5) is 14.6 Å². The minimum Gasteiger partial charge on any atom is -0.508 e. The van der Waals surface area contributed by atoms with Gasteiger partial charge >= 0.3 is 6.01 Å². The zero-order valence-electron chi connectivity index (χ0n) is 26.2. The predicted molar refractivity (Wildman–Crippen MR) is 172 cm³/mol. The van der Waals surface area contributed by atoms with Crippen LogP contribution in [0.3, 0.4) is 0 Å². The molecule has 0 saturated carbocycles. The Bertz CT molecular complexity index is 1880. The molecule has 3 atom stereocenters. The summed E-state index contributed by atoms with van der Waals surface area (Å²) in [7, 11) is 1.81. The molecule has 1 amide bonds. The van der Waals surface area contributed by atoms with Crippen LogP contribution in [0, 0.1) is 11.6 Å². The molecule has 47 heavy (non-hydrogen) atoms. The number of amides is 1. The van der Waals surface area contributed by atoms with Crippen LogP contribution in [0.1, 0.15) is 25.7 Å². The Hall–Kier alpha value is -4.20. The molecule has 2 aromatic heterocycles. The van der Waals surface area contributed by atoms with Gasteiger partial charge in [0.15, 0.2) is 5.82 Å². The highest BCUT2D eigenvalue weighted by Crippen LogP contribution is 2.41. The first kappa shape index (κ1) is 30.2. The van der Waals surface area contributed by atoms with E-state index in [1.165, 1.54) is 24.4 Å². The predicted octanol–water partition coefficient (Wildman–Crippen LogP) is 3.47. The number of phenols is 1. The third-order valence-corrected chi connectivity index (χ3v) is 10.3. The minimum atomic E-state index is -0.751. The molecule has 4 aliphatic heterocycles. The van der Waals surface area contributed by atoms with Gasteiger partial charge in [0.2, 0.25) is 5.91 Å². The molecule has 13 heteroatoms. The Kier molecular flexibility index (Phi) is 7.57. The first-order valence-corrected chi connectivity index (χ1v) is 16.3. The van der Waals surface area contributed by atoms with Crippen LogP contribution in [0.2, 0.25) is 0 Å². The highest BCUT2D eigenvalue weighted by atomic mass is 19.1. The van der Waals surface area contributed by atoms with Crippen molar-refractivity contribution in [3.8, 4) is 23.0 Å². The van der Waals surface area contributed by atoms with Crippen LogP contribution in [0.15, 0.2) is 36.5 Å². The smallest absolute Gasteiger partial charge is 0.319 e. The second-order valence-corrected chi connectivity index (χ2v) is 13.2. The summed E-state index contributed by atoms with van der Waals surface area (Å²) in [6.45, 7) is 4.33. The Morgan fingerprint density at radius 2 is 2.02 bits per heavy atom. The van der Waals surface area contributed by atoms with Crippen molar-refractivity contribution in [2.75, 3.05) is 64.4 Å². The number of ether oxygens (including phenoxy) is 2. The van der Waals surface area contributed by atoms with Crippen molar-refractivity contribution in [1.29, 1.82) is 0 Å². The summed E-state index contributed by atoms with van der Waals surface area (Å²) in [5.41, 5.74) is -0.287. The number of piperazine rings is 1. The van der Waals surface area contributed by atoms with Crippen molar-refractivity contribution in [2.45, 2.75) is 43.4 Å². The molecule has 4 aliphatic rings. The number of hydrogen-bond donors (Lipinski definition) is 2. The Morgan fingerprint density at radius 1 is 1.13 bits per heavy atom. The van der Waals surface area contributed by atoms with Crippen molar-refractivity contribution < 1.29 is 28.2 Å². The summed E-state index contributed by atoms with van der Waals surface area (Å²) in [5, 5.41) is 15.0. The third-order valence-electron chi connectivity index (χ3n) is 10.3. The van der Waals surface area contributed by atoms with Crippen LogP contribution >= 0.6 is 0 Å². The summed E-state index contributed by atoms with van der Waals surface area (Å²) in [4.78, 5) is 33.0. The maximum atomic E-state index is 16.7. The number of halogens is 2. The minimum absolute atomic E-state index is 0.00886. The number of benzene rings is 2. The molecule has 3 unspecified atom stereocenters. The fraction of sp³-hybridized carbons (Fsp3) is 0.471. The number of likely N-dealkylation sites (N-methyl/N-ethyl adjacent to an activating group) is 1. The number of nitrogens with zero attached hydrogens (tertiary/aromatic N) is 6. The van der Waals surface area contributed by atoms with Gasteiger partial charge in [-0.15, -0.1) is 0 Å². The first-order valence-electron chi connectivity index (χ1n) is 16.3. The lowest BCUT2D eigenvalue weighted by atomic mass is 9.94. The zero-order chi connectivity index (χ0) is 32.3. The standard InChI is InChI=1S/C34H37F2N7O4/c1-41-10-6-21-16-42(11-8-37-21)32-25-15-38-30(24-13-22(44)12-20-4-2-5-26(35)28(20)24)29(36)31(25)39-33(40-32)47-19-34-7-3-9-43(34)17-23(14-34)46-18-27(41)45/h2,4-5,12-13,15,21,23,37,44H,3,6-11,14,16-19H2,1H3. The van der Waals surface area contributed by atoms with Gasteiger partial charge in [0, 0.05) is 63.0 Å². The zero-order valence-corrected chi connectivity index (χ0v) is 26.2. The molecule has 0 radical (unpaired) electrons. The van der Waals surface area contributed by atoms with E-state index >= 15 is 8.78 Å². The number of anilines is 1. The van der Waals surface area contributed by atoms with Gasteiger partial charge in [0.25, 0.3) is 0 Å². The first-order chi connectivity index (χ1) is 22.8. The van der Waals surface area contributed by atoms with E-state index < -0.39 is 11.6 Å². The van der Waals surface area contributed by atoms with Gasteiger partial charge in [-0.2, -0.15) is 9.97 Å². The Labute approximate surface area is 270 Å². The number of pyridine rings is 1. The van der Waals surface area contributed by atoms with Crippen LogP contribution in [-0.4, -0.2) is 113 Å². The fourth-order valence-corrected chi connectivity index (χ4v) is 7.83. The van der Waals surface area contributed by atoms with Gasteiger partial charge in [-0.25, -0.2) is 8.78 Å². The number of aromatic hydroxyl groups is 1. The number of carbonyl (C=O) groups is 1. The number of aromatic nitrogens is 3. The maximum Gasteiger partial charge on any atom is 0.319 e. The number of nitrogens with one attached hydrogen (secondary N) is 1. The molecule has 3 fully saturated rings. The molecule has 2 N–H and O–H groups in total. The number of phenolic OH excluding ortho intramolecular Hbond substituents is 1. The van der Waals surface area contributed by atoms with Crippen molar-refractivity contribution in [3.63, 3.8) is 0 Å². The van der Waals surface area contributed by atoms with Gasteiger partial charge < -0.3 is 29.7 Å². The largest absolute Gasteiger partial charge is 0.508 e. The number of rotatable bonds is 1. The third kappa shape index (κ3) is 5.39. The van der Waals surface area contributed by atoms with E-state index in [4.69, 9.17) is 14.5 Å². The average Bonchev–Trinajstić information content (AvgIpc) is 3.62. The van der Waals surface area contributed by atoms with Crippen molar-refractivity contribution in [3.05, 3.63) is 48.2 Å². The van der Waals surface area contributed by atoms with E-state index in [-0.39, 0.29) is 70.7 Å². The van der Waals surface area contributed by atoms with Gasteiger partial charge in [-0.3, -0.25) is 14.7 Å². The molecule has 6 bridgehead atoms. The number of carbonyl (C=O) groups excluding carboxylic acids is 1. The summed E-state index contributed by atoms with van der Waals surface area (Å²) in [6.07, 6.45) is 4.75. The fourth-order valence-electron chi connectivity index (χ4n) is 7.83. The summed E-state index contributed by atoms with van der Waals surface area (Å²) in [5.74, 6) is -0.968. The highest BCUT2D eigenvalue weighted by molar-refractivity contribution is 6.00. The Morgan fingerprint density at radius 3 is 2.91 bits per heavy atom. The van der Waals surface area contributed by atoms with E-state index in [1.54, 1.807) is 24.1 Å². The Balaban J connectivity index is 1.25. The second-order valence-electron chi connectivity index (χ2n) is 13.2. The molecule has 4 aromatic rings. The topological polar surface area (TPSA) is 116 Å². The van der Waals surface area contributed by atoms with E-state index in [0.717, 1.165) is 19.4 Å². The second kappa shape index (κ2) is 11.8. The van der Waals surface area contributed by atoms with E-state index in [0.29, 0.717) is 62.2 Å². The molecular formula is C34H37F2N7O4. The normalized spacial score (nSPS) is 25.6. The van der Waals surface area contributed by atoms with Gasteiger partial charge in [-0.1, -0.05) is 12.1 Å². The summed E-state index contributed by atoms with van der Waals surface area (Å²) >= 11 is 0. The van der Waals surface area contributed by atoms with Crippen molar-refractivity contribution in [2.24, 2.45) is 0 Å². The van der Waals surface area contributed by atoms with Crippen molar-refractivity contribution >= 4 is 33.4 Å². The molecule has 11 nitrogen and oxygen atoms in total. The quantitative estimate of drug-likeness (QED) is 0.319. The SMILES string of the molecule is CN1CCC2CN(CCN2)c2nc(nc3c(F)c(-c4cc(O)cc5cccc(F)c45)ncc23)OCC23CCCN2CC(C3)OCC1=O. The average molecular weight is 646 g/mol. The van der Waals surface area contributed by atoms with Gasteiger partial charge in [-0.05, 0) is 55.8 Å². The van der Waals surface area contributed by atoms with Gasteiger partial charge in [0.1, 0.15) is 41.8 Å². The van der Waals surface area contributed by atoms with Crippen LogP contribution in [0.5, 0.6) is 11.8 Å². The molecule has 0 aliphatic carbocycles. The monoisotopic (exact) mass is 645 g/mol. The maximum absolute atomic E-state index is 16.7. The van der Waals surface area contributed by atoms with Crippen molar-refractivity contribution in [1.82, 2.24) is 30.1 Å². The van der Waals surface area contributed by atoms with E-state index in [1.807, 2.05) is 0 Å². The summed E-state index contributed by atoms with van der Waals surface area (Å²) in [6, 6.07) is 7.36. The molecular weight excluding hydrogens is 608 g/mol. The van der Waals surface area contributed by atoms with E-state index in [2.05, 4.69) is 25.1 Å². The van der Waals surface area contributed by atoms with Crippen LogP contribution < -0.4 is 15.0 Å². The van der Waals surface area contributed by atoms with Gasteiger partial charge in [0.05, 0.1) is 17.0 Å². The summed E-state index contributed by atoms with van der Waals surface area (Å²) < 4.78 is 44.4. The van der Waals surface area contributed by atoms with E-state index in [9.17, 15) is 9.90 Å². The lowest BCUT2D eigenvalue weighted by molar-refractivity contribution is -0.136. The molecule has 246 valence electrons. The molecule has 8 rings (SSSR count). The van der Waals surface area contributed by atoms with Crippen LogP contribution in [-0.2, 0) is 9.53 Å². The lowest BCUT2D eigenvalue weighted by Gasteiger charge is -2.36. The molecule has 3 saturated heterocycles. The molecule has 1 spiro atoms. The van der Waals surface area contributed by atoms with Crippen LogP contribution in [0.25, 0.3) is 32.9 Å². The molecule has 6 heterocycles.